The van der Waals surface area contributed by atoms with E-state index < -0.39 is 54.3 Å². The fraction of sp³-hybridized carbons (Fsp3) is 0.500. The van der Waals surface area contributed by atoms with Gasteiger partial charge in [0.15, 0.2) is 11.6 Å². The fourth-order valence-corrected chi connectivity index (χ4v) is 2.68. The Morgan fingerprint density at radius 2 is 1.93 bits per heavy atom. The van der Waals surface area contributed by atoms with E-state index in [-0.39, 0.29) is 29.9 Å². The van der Waals surface area contributed by atoms with Crippen LogP contribution in [0.4, 0.5) is 8.78 Å². The third-order valence-corrected chi connectivity index (χ3v) is 4.13. The van der Waals surface area contributed by atoms with E-state index in [0.717, 1.165) is 0 Å². The number of hydrogen-bond acceptors (Lipinski definition) is 7. The van der Waals surface area contributed by atoms with Gasteiger partial charge < -0.3 is 23.9 Å². The lowest BCUT2D eigenvalue weighted by Gasteiger charge is -2.28. The van der Waals surface area contributed by atoms with Gasteiger partial charge in [-0.05, 0) is 40.2 Å². The van der Waals surface area contributed by atoms with Gasteiger partial charge in [0.05, 0.1) is 5.41 Å². The summed E-state index contributed by atoms with van der Waals surface area (Å²) in [6.45, 7) is 5.39. The molecule has 0 aromatic heterocycles. The highest BCUT2D eigenvalue weighted by atomic mass is 19.2. The maximum Gasteiger partial charge on any atom is 0.526 e. The van der Waals surface area contributed by atoms with Crippen molar-refractivity contribution in [3.05, 3.63) is 28.8 Å². The summed E-state index contributed by atoms with van der Waals surface area (Å²) < 4.78 is 43.0. The number of carbonyl (C=O) groups is 3. The summed E-state index contributed by atoms with van der Waals surface area (Å²) in [5.74, 6) is -5.67. The van der Waals surface area contributed by atoms with Gasteiger partial charge in [-0.3, -0.25) is 4.79 Å². The van der Waals surface area contributed by atoms with Crippen LogP contribution in [0.2, 0.25) is 5.82 Å². The normalized spacial score (nSPS) is 16.1. The lowest BCUT2D eigenvalue weighted by molar-refractivity contribution is -0.161. The molecule has 0 saturated carbocycles. The van der Waals surface area contributed by atoms with E-state index in [1.54, 1.807) is 20.8 Å². The molecule has 0 aliphatic carbocycles. The van der Waals surface area contributed by atoms with Crippen molar-refractivity contribution in [3.63, 3.8) is 0 Å². The summed E-state index contributed by atoms with van der Waals surface area (Å²) in [6, 6.07) is 0.583. The number of ether oxygens (including phenoxy) is 2. The summed E-state index contributed by atoms with van der Waals surface area (Å²) in [5, 5.41) is 10.1. The van der Waals surface area contributed by atoms with Crippen LogP contribution in [0.5, 0.6) is 5.75 Å². The standard InChI is InChI=1S/C18H21BF2O7/c1-9(22)5-10-6-11-14(21)13(20)7-12(15(11)28-19(10)25)16(23)26-8-27-17(24)18(2,3)4/h7,10,25H,5-6,8H2,1-4H3/t10-/m0/s1. The highest BCUT2D eigenvalue weighted by molar-refractivity contribution is 6.47. The Balaban J connectivity index is 2.22. The molecule has 2 rings (SSSR count). The molecule has 1 heterocycles. The third kappa shape index (κ3) is 4.86. The molecule has 0 bridgehead atoms. The van der Waals surface area contributed by atoms with E-state index in [1.165, 1.54) is 6.92 Å². The highest BCUT2D eigenvalue weighted by Crippen LogP contribution is 2.39. The van der Waals surface area contributed by atoms with Crippen LogP contribution in [0.1, 0.15) is 50.0 Å². The number of Topliss-reactive ketones (excluding diaryl/α,β-unsaturated/α-hetero) is 1. The summed E-state index contributed by atoms with van der Waals surface area (Å²) in [4.78, 5) is 35.2. The molecule has 0 fully saturated rings. The first-order valence-corrected chi connectivity index (χ1v) is 8.61. The maximum absolute atomic E-state index is 14.2. The van der Waals surface area contributed by atoms with Crippen molar-refractivity contribution in [2.45, 2.75) is 46.4 Å². The number of carbonyl (C=O) groups excluding carboxylic acids is 3. The summed E-state index contributed by atoms with van der Waals surface area (Å²) in [7, 11) is -1.48. The van der Waals surface area contributed by atoms with Crippen LogP contribution < -0.4 is 4.65 Å². The molecule has 0 spiro atoms. The molecule has 0 amide bonds. The minimum Gasteiger partial charge on any atom is -0.535 e. The van der Waals surface area contributed by atoms with E-state index in [4.69, 9.17) is 14.1 Å². The first-order chi connectivity index (χ1) is 12.9. The molecule has 1 aromatic carbocycles. The smallest absolute Gasteiger partial charge is 0.526 e. The Hall–Kier alpha value is -2.49. The summed E-state index contributed by atoms with van der Waals surface area (Å²) >= 11 is 0. The second-order valence-electron chi connectivity index (χ2n) is 7.64. The Labute approximate surface area is 161 Å². The van der Waals surface area contributed by atoms with Crippen LogP contribution in [-0.4, -0.2) is 36.7 Å². The van der Waals surface area contributed by atoms with E-state index in [2.05, 4.69) is 0 Å². The predicted octanol–water partition coefficient (Wildman–Crippen LogP) is 2.43. The van der Waals surface area contributed by atoms with E-state index in [0.29, 0.717) is 6.07 Å². The van der Waals surface area contributed by atoms with Gasteiger partial charge in [0.2, 0.25) is 6.79 Å². The fourth-order valence-electron chi connectivity index (χ4n) is 2.68. The molecule has 1 atom stereocenters. The minimum atomic E-state index is -1.48. The Morgan fingerprint density at radius 1 is 1.29 bits per heavy atom. The van der Waals surface area contributed by atoms with Crippen LogP contribution in [0, 0.1) is 17.0 Å². The van der Waals surface area contributed by atoms with Crippen molar-refractivity contribution in [2.75, 3.05) is 6.79 Å². The second kappa shape index (κ2) is 8.26. The van der Waals surface area contributed by atoms with Crippen molar-refractivity contribution in [1.82, 2.24) is 0 Å². The zero-order valence-electron chi connectivity index (χ0n) is 16.0. The zero-order chi connectivity index (χ0) is 21.2. The van der Waals surface area contributed by atoms with Crippen LogP contribution in [-0.2, 0) is 25.5 Å². The third-order valence-electron chi connectivity index (χ3n) is 4.13. The van der Waals surface area contributed by atoms with Crippen LogP contribution in [0.15, 0.2) is 6.07 Å². The van der Waals surface area contributed by atoms with Gasteiger partial charge in [-0.2, -0.15) is 0 Å². The number of benzene rings is 1. The van der Waals surface area contributed by atoms with Crippen molar-refractivity contribution < 1.29 is 42.3 Å². The SMILES string of the molecule is CC(=O)C[C@H]1Cc2c(F)c(F)cc(C(=O)OCOC(=O)C(C)(C)C)c2OB1O. The van der Waals surface area contributed by atoms with Crippen LogP contribution in [0.3, 0.4) is 0 Å². The topological polar surface area (TPSA) is 99.1 Å². The molecule has 0 radical (unpaired) electrons. The number of esters is 2. The number of halogens is 2. The van der Waals surface area contributed by atoms with Gasteiger partial charge in [0, 0.05) is 17.8 Å². The van der Waals surface area contributed by atoms with Gasteiger partial charge in [-0.25, -0.2) is 13.6 Å². The van der Waals surface area contributed by atoms with E-state index >= 15 is 0 Å². The van der Waals surface area contributed by atoms with E-state index in [9.17, 15) is 28.2 Å². The average molecular weight is 398 g/mol. The monoisotopic (exact) mass is 398 g/mol. The molecule has 10 heteroatoms. The molecular weight excluding hydrogens is 377 g/mol. The van der Waals surface area contributed by atoms with Gasteiger partial charge in [0.1, 0.15) is 17.1 Å². The number of ketones is 1. The Morgan fingerprint density at radius 3 is 2.50 bits per heavy atom. The van der Waals surface area contributed by atoms with Crippen molar-refractivity contribution >= 4 is 24.8 Å². The minimum absolute atomic E-state index is 0.0981. The second-order valence-corrected chi connectivity index (χ2v) is 7.64. The molecule has 1 aliphatic rings. The molecule has 28 heavy (non-hydrogen) atoms. The first kappa shape index (κ1) is 21.8. The predicted molar refractivity (Wildman–Crippen MR) is 93.5 cm³/mol. The largest absolute Gasteiger partial charge is 0.535 e. The number of fused-ring (bicyclic) bond motifs is 1. The van der Waals surface area contributed by atoms with Crippen molar-refractivity contribution in [3.8, 4) is 5.75 Å². The first-order valence-electron chi connectivity index (χ1n) is 8.61. The quantitative estimate of drug-likeness (QED) is 0.462. The molecule has 0 unspecified atom stereocenters. The molecular formula is C18H21BF2O7. The lowest BCUT2D eigenvalue weighted by Crippen LogP contribution is -2.36. The summed E-state index contributed by atoms with van der Waals surface area (Å²) in [6.07, 6.45) is -0.294. The molecule has 0 saturated heterocycles. The van der Waals surface area contributed by atoms with Gasteiger partial charge in [0.25, 0.3) is 0 Å². The molecule has 7 nitrogen and oxygen atoms in total. The van der Waals surface area contributed by atoms with Crippen LogP contribution >= 0.6 is 0 Å². The van der Waals surface area contributed by atoms with Gasteiger partial charge >= 0.3 is 19.1 Å². The number of hydrogen-bond donors (Lipinski definition) is 1. The van der Waals surface area contributed by atoms with Crippen molar-refractivity contribution in [1.29, 1.82) is 0 Å². The van der Waals surface area contributed by atoms with Gasteiger partial charge in [-0.1, -0.05) is 0 Å². The molecule has 1 aromatic rings. The van der Waals surface area contributed by atoms with E-state index in [1.807, 2.05) is 0 Å². The van der Waals surface area contributed by atoms with Gasteiger partial charge in [-0.15, -0.1) is 0 Å². The average Bonchev–Trinajstić information content (AvgIpc) is 2.58. The van der Waals surface area contributed by atoms with Crippen molar-refractivity contribution in [2.24, 2.45) is 5.41 Å². The highest BCUT2D eigenvalue weighted by Gasteiger charge is 2.40. The Kier molecular flexibility index (Phi) is 6.43. The zero-order valence-corrected chi connectivity index (χ0v) is 16.0. The number of rotatable bonds is 5. The van der Waals surface area contributed by atoms with Crippen LogP contribution in [0.25, 0.3) is 0 Å². The molecule has 1 aliphatic heterocycles. The lowest BCUT2D eigenvalue weighted by atomic mass is 9.64. The maximum atomic E-state index is 14.2. The Bertz CT molecular complexity index is 804. The molecule has 1 N–H and O–H groups in total. The summed E-state index contributed by atoms with van der Waals surface area (Å²) in [5.41, 5.74) is -1.54. The molecule has 152 valence electrons.